The van der Waals surface area contributed by atoms with Crippen molar-refractivity contribution in [3.05, 3.63) is 65.2 Å². The van der Waals surface area contributed by atoms with Crippen LogP contribution in [0.2, 0.25) is 0 Å². The van der Waals surface area contributed by atoms with Gasteiger partial charge in [-0.05, 0) is 43.3 Å². The number of para-hydroxylation sites is 1. The number of hydrogen-bond donors (Lipinski definition) is 0. The van der Waals surface area contributed by atoms with E-state index in [1.165, 1.54) is 22.4 Å². The lowest BCUT2D eigenvalue weighted by Gasteiger charge is -2.32. The van der Waals surface area contributed by atoms with Gasteiger partial charge in [0.25, 0.3) is 0 Å². The molecule has 0 saturated carbocycles. The van der Waals surface area contributed by atoms with Crippen molar-refractivity contribution in [1.82, 2.24) is 9.80 Å². The zero-order valence-electron chi connectivity index (χ0n) is 19.7. The topological polar surface area (TPSA) is 19.0 Å². The molecule has 0 aromatic heterocycles. The number of hydrogen-bond acceptors (Lipinski definition) is 4. The average Bonchev–Trinajstić information content (AvgIpc) is 2.80. The Morgan fingerprint density at radius 1 is 0.867 bits per heavy atom. The smallest absolute Gasteiger partial charge is 0.0642 e. The van der Waals surface area contributed by atoms with E-state index in [1.807, 2.05) is 13.8 Å². The second-order valence-electron chi connectivity index (χ2n) is 7.92. The van der Waals surface area contributed by atoms with Crippen LogP contribution in [0.25, 0.3) is 0 Å². The molecule has 0 unspecified atom stereocenters. The van der Waals surface area contributed by atoms with Gasteiger partial charge in [0.05, 0.1) is 13.2 Å². The lowest BCUT2D eigenvalue weighted by molar-refractivity contribution is 0.122. The Morgan fingerprint density at radius 2 is 1.57 bits per heavy atom. The third-order valence-electron chi connectivity index (χ3n) is 5.41. The SMILES string of the molecule is CC.CCc1cccc(CN(CCN(C)C)Cc2ccccc2N2CCOCC2)c1. The highest BCUT2D eigenvalue weighted by molar-refractivity contribution is 5.54. The summed E-state index contributed by atoms with van der Waals surface area (Å²) in [7, 11) is 4.30. The summed E-state index contributed by atoms with van der Waals surface area (Å²) in [6, 6.07) is 17.9. The van der Waals surface area contributed by atoms with E-state index in [1.54, 1.807) is 0 Å². The lowest BCUT2D eigenvalue weighted by Crippen LogP contribution is -2.37. The van der Waals surface area contributed by atoms with E-state index in [9.17, 15) is 0 Å². The standard InChI is InChI=1S/C24H35N3O.C2H6/c1-4-21-8-7-9-22(18-21)19-26(13-12-25(2)3)20-23-10-5-6-11-24(23)27-14-16-28-17-15-27;1-2/h5-11,18H,4,12-17,19-20H2,1-3H3;1-2H3. The maximum atomic E-state index is 5.55. The van der Waals surface area contributed by atoms with E-state index in [4.69, 9.17) is 4.74 Å². The second kappa shape index (κ2) is 13.4. The highest BCUT2D eigenvalue weighted by atomic mass is 16.5. The van der Waals surface area contributed by atoms with Gasteiger partial charge in [0, 0.05) is 45.0 Å². The van der Waals surface area contributed by atoms with Crippen LogP contribution in [0.15, 0.2) is 48.5 Å². The van der Waals surface area contributed by atoms with Gasteiger partial charge in [0.1, 0.15) is 0 Å². The van der Waals surface area contributed by atoms with Gasteiger partial charge in [0.2, 0.25) is 0 Å². The maximum Gasteiger partial charge on any atom is 0.0642 e. The molecule has 0 aliphatic carbocycles. The molecule has 1 heterocycles. The molecule has 0 amide bonds. The van der Waals surface area contributed by atoms with Crippen LogP contribution in [0, 0.1) is 0 Å². The van der Waals surface area contributed by atoms with E-state index >= 15 is 0 Å². The van der Waals surface area contributed by atoms with E-state index in [0.717, 1.165) is 58.9 Å². The van der Waals surface area contributed by atoms with E-state index in [0.29, 0.717) is 0 Å². The Balaban J connectivity index is 0.00000155. The van der Waals surface area contributed by atoms with Gasteiger partial charge in [-0.2, -0.15) is 0 Å². The van der Waals surface area contributed by atoms with Gasteiger partial charge in [-0.25, -0.2) is 0 Å². The minimum absolute atomic E-state index is 0.822. The molecule has 1 aliphatic rings. The third-order valence-corrected chi connectivity index (χ3v) is 5.41. The Hall–Kier alpha value is -1.88. The van der Waals surface area contributed by atoms with Crippen molar-refractivity contribution >= 4 is 5.69 Å². The molecule has 4 heteroatoms. The number of anilines is 1. The molecule has 30 heavy (non-hydrogen) atoms. The molecule has 1 saturated heterocycles. The van der Waals surface area contributed by atoms with Crippen LogP contribution in [0.4, 0.5) is 5.69 Å². The highest BCUT2D eigenvalue weighted by Crippen LogP contribution is 2.24. The highest BCUT2D eigenvalue weighted by Gasteiger charge is 2.16. The van der Waals surface area contributed by atoms with Crippen LogP contribution >= 0.6 is 0 Å². The summed E-state index contributed by atoms with van der Waals surface area (Å²) in [5, 5.41) is 0. The minimum Gasteiger partial charge on any atom is -0.378 e. The van der Waals surface area contributed by atoms with Crippen molar-refractivity contribution in [1.29, 1.82) is 0 Å². The van der Waals surface area contributed by atoms with Crippen LogP contribution < -0.4 is 4.90 Å². The normalized spacial score (nSPS) is 14.0. The second-order valence-corrected chi connectivity index (χ2v) is 7.92. The summed E-state index contributed by atoms with van der Waals surface area (Å²) in [6.45, 7) is 13.9. The van der Waals surface area contributed by atoms with Crippen LogP contribution in [0.3, 0.4) is 0 Å². The summed E-state index contributed by atoms with van der Waals surface area (Å²) in [6.07, 6.45) is 1.09. The summed E-state index contributed by atoms with van der Waals surface area (Å²) in [5.74, 6) is 0. The van der Waals surface area contributed by atoms with Crippen molar-refractivity contribution in [2.24, 2.45) is 0 Å². The monoisotopic (exact) mass is 411 g/mol. The summed E-state index contributed by atoms with van der Waals surface area (Å²) >= 11 is 0. The third kappa shape index (κ3) is 7.75. The molecule has 1 fully saturated rings. The lowest BCUT2D eigenvalue weighted by atomic mass is 10.1. The number of aryl methyl sites for hydroxylation is 1. The van der Waals surface area contributed by atoms with Crippen LogP contribution in [0.1, 0.15) is 37.5 Å². The van der Waals surface area contributed by atoms with Gasteiger partial charge in [-0.15, -0.1) is 0 Å². The van der Waals surface area contributed by atoms with Crippen molar-refractivity contribution in [3.8, 4) is 0 Å². The molecule has 3 rings (SSSR count). The maximum absolute atomic E-state index is 5.55. The van der Waals surface area contributed by atoms with Crippen LogP contribution in [0.5, 0.6) is 0 Å². The fourth-order valence-corrected chi connectivity index (χ4v) is 3.76. The molecular formula is C26H41N3O. The predicted octanol–water partition coefficient (Wildman–Crippen LogP) is 4.68. The van der Waals surface area contributed by atoms with Crippen molar-refractivity contribution < 1.29 is 4.74 Å². The minimum atomic E-state index is 0.822. The fourth-order valence-electron chi connectivity index (χ4n) is 3.76. The van der Waals surface area contributed by atoms with Gasteiger partial charge < -0.3 is 14.5 Å². The molecule has 2 aromatic rings. The molecule has 1 aliphatic heterocycles. The fraction of sp³-hybridized carbons (Fsp3) is 0.538. The molecular weight excluding hydrogens is 370 g/mol. The van der Waals surface area contributed by atoms with Gasteiger partial charge in [-0.3, -0.25) is 4.90 Å². The van der Waals surface area contributed by atoms with Crippen LogP contribution in [-0.2, 0) is 24.2 Å². The van der Waals surface area contributed by atoms with E-state index in [2.05, 4.69) is 84.2 Å². The quantitative estimate of drug-likeness (QED) is 0.596. The van der Waals surface area contributed by atoms with Crippen molar-refractivity contribution in [2.75, 3.05) is 58.4 Å². The van der Waals surface area contributed by atoms with E-state index in [-0.39, 0.29) is 0 Å². The largest absolute Gasteiger partial charge is 0.378 e. The number of rotatable bonds is 9. The molecule has 0 radical (unpaired) electrons. The van der Waals surface area contributed by atoms with E-state index < -0.39 is 0 Å². The molecule has 0 N–H and O–H groups in total. The molecule has 166 valence electrons. The first kappa shape index (κ1) is 24.4. The first-order chi connectivity index (χ1) is 14.7. The van der Waals surface area contributed by atoms with Crippen LogP contribution in [-0.4, -0.2) is 63.3 Å². The molecule has 2 aromatic carbocycles. The number of likely N-dealkylation sites (N-methyl/N-ethyl adjacent to an activating group) is 1. The zero-order chi connectivity index (χ0) is 21.8. The molecule has 0 atom stereocenters. The Morgan fingerprint density at radius 3 is 2.27 bits per heavy atom. The average molecular weight is 412 g/mol. The number of benzene rings is 2. The molecule has 4 nitrogen and oxygen atoms in total. The first-order valence-corrected chi connectivity index (χ1v) is 11.5. The first-order valence-electron chi connectivity index (χ1n) is 11.5. The number of morpholine rings is 1. The number of ether oxygens (including phenoxy) is 1. The Kier molecular flexibility index (Phi) is 10.9. The van der Waals surface area contributed by atoms with Gasteiger partial charge >= 0.3 is 0 Å². The summed E-state index contributed by atoms with van der Waals surface area (Å²) in [4.78, 5) is 7.32. The molecule has 0 spiro atoms. The van der Waals surface area contributed by atoms with Crippen molar-refractivity contribution in [3.63, 3.8) is 0 Å². The van der Waals surface area contributed by atoms with Crippen molar-refractivity contribution in [2.45, 2.75) is 40.3 Å². The molecule has 0 bridgehead atoms. The summed E-state index contributed by atoms with van der Waals surface area (Å²) < 4.78 is 5.55. The Labute approximate surface area is 184 Å². The zero-order valence-corrected chi connectivity index (χ0v) is 19.7. The Bertz CT molecular complexity index is 726. The summed E-state index contributed by atoms with van der Waals surface area (Å²) in [5.41, 5.74) is 5.60. The predicted molar refractivity (Wildman–Crippen MR) is 129 cm³/mol. The van der Waals surface area contributed by atoms with Gasteiger partial charge in [-0.1, -0.05) is 63.2 Å². The number of nitrogens with zero attached hydrogens (tertiary/aromatic N) is 3. The van der Waals surface area contributed by atoms with Gasteiger partial charge in [0.15, 0.2) is 0 Å².